The summed E-state index contributed by atoms with van der Waals surface area (Å²) >= 11 is 10.9. The fourth-order valence-corrected chi connectivity index (χ4v) is 1.05. The standard InChI is InChI=1S/C9H5Cl2NO2/c10-3-1-2-6-4-7(9(13)14)8(11)12-5-6/h4-5H,3H2,(H,13,14). The van der Waals surface area contributed by atoms with E-state index in [0.29, 0.717) is 5.56 Å². The van der Waals surface area contributed by atoms with Gasteiger partial charge in [0.05, 0.1) is 11.4 Å². The molecule has 0 atom stereocenters. The summed E-state index contributed by atoms with van der Waals surface area (Å²) in [4.78, 5) is 14.3. The van der Waals surface area contributed by atoms with Gasteiger partial charge in [-0.15, -0.1) is 11.6 Å². The van der Waals surface area contributed by atoms with Crippen molar-refractivity contribution >= 4 is 29.2 Å². The first-order valence-corrected chi connectivity index (χ1v) is 4.50. The van der Waals surface area contributed by atoms with Crippen LogP contribution in [0.15, 0.2) is 12.3 Å². The largest absolute Gasteiger partial charge is 0.478 e. The molecule has 1 heterocycles. The van der Waals surface area contributed by atoms with E-state index in [1.165, 1.54) is 12.3 Å². The van der Waals surface area contributed by atoms with Crippen molar-refractivity contribution in [3.63, 3.8) is 0 Å². The van der Waals surface area contributed by atoms with Crippen molar-refractivity contribution in [2.75, 3.05) is 5.88 Å². The number of carboxylic acids is 1. The number of rotatable bonds is 1. The average molecular weight is 230 g/mol. The normalized spacial score (nSPS) is 9.00. The van der Waals surface area contributed by atoms with E-state index in [9.17, 15) is 4.79 Å². The van der Waals surface area contributed by atoms with Crippen LogP contribution in [0.4, 0.5) is 0 Å². The quantitative estimate of drug-likeness (QED) is 0.456. The molecule has 0 aromatic carbocycles. The summed E-state index contributed by atoms with van der Waals surface area (Å²) in [6, 6.07) is 1.36. The Morgan fingerprint density at radius 3 is 2.93 bits per heavy atom. The number of carboxylic acid groups (broad SMARTS) is 1. The van der Waals surface area contributed by atoms with E-state index < -0.39 is 5.97 Å². The molecule has 0 saturated heterocycles. The summed E-state index contributed by atoms with van der Waals surface area (Å²) < 4.78 is 0. The molecule has 14 heavy (non-hydrogen) atoms. The van der Waals surface area contributed by atoms with Crippen molar-refractivity contribution in [3.8, 4) is 11.8 Å². The number of carbonyl (C=O) groups is 1. The fourth-order valence-electron chi connectivity index (χ4n) is 0.802. The van der Waals surface area contributed by atoms with Gasteiger partial charge in [-0.1, -0.05) is 23.4 Å². The molecule has 72 valence electrons. The molecule has 1 aromatic rings. The van der Waals surface area contributed by atoms with Crippen LogP contribution in [0.5, 0.6) is 0 Å². The predicted molar refractivity (Wildman–Crippen MR) is 53.8 cm³/mol. The Morgan fingerprint density at radius 1 is 1.64 bits per heavy atom. The molecule has 0 unspecified atom stereocenters. The van der Waals surface area contributed by atoms with Gasteiger partial charge in [0.2, 0.25) is 0 Å². The van der Waals surface area contributed by atoms with Crippen molar-refractivity contribution in [2.45, 2.75) is 0 Å². The first kappa shape index (κ1) is 10.8. The Kier molecular flexibility index (Phi) is 3.75. The van der Waals surface area contributed by atoms with Crippen LogP contribution in [0.25, 0.3) is 0 Å². The molecule has 1 aromatic heterocycles. The number of alkyl halides is 1. The topological polar surface area (TPSA) is 50.2 Å². The van der Waals surface area contributed by atoms with Gasteiger partial charge in [0.1, 0.15) is 5.15 Å². The van der Waals surface area contributed by atoms with E-state index in [1.54, 1.807) is 0 Å². The molecule has 3 nitrogen and oxygen atoms in total. The lowest BCUT2D eigenvalue weighted by molar-refractivity contribution is 0.0696. The molecule has 0 aliphatic rings. The van der Waals surface area contributed by atoms with Gasteiger partial charge in [-0.3, -0.25) is 0 Å². The lowest BCUT2D eigenvalue weighted by Crippen LogP contribution is -1.99. The third-order valence-corrected chi connectivity index (χ3v) is 1.80. The molecule has 1 N–H and O–H groups in total. The highest BCUT2D eigenvalue weighted by molar-refractivity contribution is 6.32. The summed E-state index contributed by atoms with van der Waals surface area (Å²) in [5.41, 5.74) is 0.417. The summed E-state index contributed by atoms with van der Waals surface area (Å²) in [6.07, 6.45) is 1.40. The van der Waals surface area contributed by atoms with Gasteiger partial charge in [0.15, 0.2) is 0 Å². The summed E-state index contributed by atoms with van der Waals surface area (Å²) in [5, 5.41) is 8.67. The number of aromatic nitrogens is 1. The highest BCUT2D eigenvalue weighted by Gasteiger charge is 2.09. The Hall–Kier alpha value is -1.24. The molecule has 0 spiro atoms. The molecular weight excluding hydrogens is 225 g/mol. The van der Waals surface area contributed by atoms with Crippen molar-refractivity contribution < 1.29 is 9.90 Å². The fraction of sp³-hybridized carbons (Fsp3) is 0.111. The van der Waals surface area contributed by atoms with Gasteiger partial charge in [0, 0.05) is 11.8 Å². The van der Waals surface area contributed by atoms with Gasteiger partial charge in [-0.2, -0.15) is 0 Å². The van der Waals surface area contributed by atoms with E-state index in [1.807, 2.05) is 0 Å². The van der Waals surface area contributed by atoms with Crippen LogP contribution >= 0.6 is 23.2 Å². The highest BCUT2D eigenvalue weighted by atomic mass is 35.5. The van der Waals surface area contributed by atoms with Gasteiger partial charge in [-0.25, -0.2) is 9.78 Å². The maximum atomic E-state index is 10.6. The lowest BCUT2D eigenvalue weighted by Gasteiger charge is -1.97. The number of aromatic carboxylic acids is 1. The Labute approximate surface area is 90.7 Å². The molecule has 0 fully saturated rings. The summed E-state index contributed by atoms with van der Waals surface area (Å²) in [6.45, 7) is 0. The Bertz CT molecular complexity index is 421. The number of hydrogen-bond acceptors (Lipinski definition) is 2. The van der Waals surface area contributed by atoms with Crippen molar-refractivity contribution in [2.24, 2.45) is 0 Å². The molecule has 0 amide bonds. The number of nitrogens with zero attached hydrogens (tertiary/aromatic N) is 1. The van der Waals surface area contributed by atoms with Crippen LogP contribution < -0.4 is 0 Å². The van der Waals surface area contributed by atoms with Gasteiger partial charge in [0.25, 0.3) is 0 Å². The van der Waals surface area contributed by atoms with Crippen LogP contribution in [0.3, 0.4) is 0 Å². The third kappa shape index (κ3) is 2.63. The number of halogens is 2. The van der Waals surface area contributed by atoms with Crippen LogP contribution in [0.2, 0.25) is 5.15 Å². The van der Waals surface area contributed by atoms with Crippen LogP contribution in [0.1, 0.15) is 15.9 Å². The van der Waals surface area contributed by atoms with Crippen LogP contribution in [0, 0.1) is 11.8 Å². The first-order valence-electron chi connectivity index (χ1n) is 3.59. The molecule has 0 bridgehead atoms. The molecule has 0 radical (unpaired) electrons. The van der Waals surface area contributed by atoms with Crippen molar-refractivity contribution in [1.82, 2.24) is 4.98 Å². The van der Waals surface area contributed by atoms with E-state index >= 15 is 0 Å². The maximum Gasteiger partial charge on any atom is 0.338 e. The Balaban J connectivity index is 3.13. The second-order valence-corrected chi connectivity index (χ2v) is 2.93. The van der Waals surface area contributed by atoms with Gasteiger partial charge < -0.3 is 5.11 Å². The van der Waals surface area contributed by atoms with Crippen LogP contribution in [-0.4, -0.2) is 21.9 Å². The van der Waals surface area contributed by atoms with Gasteiger partial charge >= 0.3 is 5.97 Å². The third-order valence-electron chi connectivity index (χ3n) is 1.37. The number of hydrogen-bond donors (Lipinski definition) is 1. The average Bonchev–Trinajstić information content (AvgIpc) is 2.16. The first-order chi connectivity index (χ1) is 6.65. The minimum atomic E-state index is -1.13. The minimum absolute atomic E-state index is 0.0473. The highest BCUT2D eigenvalue weighted by Crippen LogP contribution is 2.13. The zero-order chi connectivity index (χ0) is 10.6. The second kappa shape index (κ2) is 4.85. The molecule has 0 aliphatic heterocycles. The van der Waals surface area contributed by atoms with Crippen molar-refractivity contribution in [3.05, 3.63) is 28.5 Å². The van der Waals surface area contributed by atoms with E-state index in [0.717, 1.165) is 0 Å². The number of pyridine rings is 1. The molecule has 0 aliphatic carbocycles. The SMILES string of the molecule is O=C(O)c1cc(C#CCCl)cnc1Cl. The molecular formula is C9H5Cl2NO2. The lowest BCUT2D eigenvalue weighted by atomic mass is 10.2. The van der Waals surface area contributed by atoms with E-state index in [2.05, 4.69) is 16.8 Å². The molecule has 1 rings (SSSR count). The molecule has 5 heteroatoms. The monoisotopic (exact) mass is 229 g/mol. The zero-order valence-corrected chi connectivity index (χ0v) is 8.43. The molecule has 0 saturated carbocycles. The van der Waals surface area contributed by atoms with E-state index in [-0.39, 0.29) is 16.6 Å². The minimum Gasteiger partial charge on any atom is -0.478 e. The van der Waals surface area contributed by atoms with E-state index in [4.69, 9.17) is 28.3 Å². The zero-order valence-electron chi connectivity index (χ0n) is 6.92. The second-order valence-electron chi connectivity index (χ2n) is 2.30. The van der Waals surface area contributed by atoms with Crippen molar-refractivity contribution in [1.29, 1.82) is 0 Å². The summed E-state index contributed by atoms with van der Waals surface area (Å²) in [7, 11) is 0. The summed E-state index contributed by atoms with van der Waals surface area (Å²) in [5.74, 6) is 4.30. The predicted octanol–water partition coefficient (Wildman–Crippen LogP) is 2.02. The maximum absolute atomic E-state index is 10.6. The Morgan fingerprint density at radius 2 is 2.36 bits per heavy atom. The van der Waals surface area contributed by atoms with Gasteiger partial charge in [-0.05, 0) is 6.07 Å². The van der Waals surface area contributed by atoms with Crippen LogP contribution in [-0.2, 0) is 0 Å². The smallest absolute Gasteiger partial charge is 0.338 e.